The normalized spacial score (nSPS) is 12.2. The van der Waals surface area contributed by atoms with Crippen LogP contribution in [0.25, 0.3) is 0 Å². The molecule has 0 spiro atoms. The molecule has 0 amide bonds. The summed E-state index contributed by atoms with van der Waals surface area (Å²) in [7, 11) is 2.79. The quantitative estimate of drug-likeness (QED) is 0.399. The molecule has 0 fully saturated rings. The molecule has 136 valence electrons. The fourth-order valence-electron chi connectivity index (χ4n) is 2.45. The van der Waals surface area contributed by atoms with E-state index in [1.165, 1.54) is 11.1 Å². The fourth-order valence-corrected chi connectivity index (χ4v) is 3.43. The maximum atomic E-state index is 12.2. The standard InChI is InChI=1S/C19H25N3OS.HI/c1-16-9-7-8-10-17(16)15-22(3)19(20-2)21-13-14-24(23)18-11-5-4-6-12-18;/h4-12H,13-15H2,1-3H3,(H,20,21);1H. The number of benzene rings is 2. The van der Waals surface area contributed by atoms with Crippen molar-refractivity contribution in [1.29, 1.82) is 0 Å². The van der Waals surface area contributed by atoms with Crippen molar-refractivity contribution in [3.8, 4) is 0 Å². The molecular formula is C19H26IN3OS. The van der Waals surface area contributed by atoms with Crippen LogP contribution in [0.2, 0.25) is 0 Å². The lowest BCUT2D eigenvalue weighted by Crippen LogP contribution is -2.40. The van der Waals surface area contributed by atoms with Crippen LogP contribution in [-0.4, -0.2) is 41.5 Å². The van der Waals surface area contributed by atoms with Gasteiger partial charge in [-0.15, -0.1) is 24.0 Å². The van der Waals surface area contributed by atoms with Gasteiger partial charge >= 0.3 is 0 Å². The molecule has 0 aliphatic carbocycles. The van der Waals surface area contributed by atoms with E-state index in [9.17, 15) is 4.21 Å². The summed E-state index contributed by atoms with van der Waals surface area (Å²) in [6, 6.07) is 17.9. The van der Waals surface area contributed by atoms with Crippen LogP contribution in [0.1, 0.15) is 11.1 Å². The Hall–Kier alpha value is -1.41. The zero-order valence-electron chi connectivity index (χ0n) is 14.9. The number of guanidine groups is 1. The van der Waals surface area contributed by atoms with Crippen molar-refractivity contribution in [3.05, 3.63) is 65.7 Å². The number of aryl methyl sites for hydroxylation is 1. The zero-order valence-corrected chi connectivity index (χ0v) is 18.1. The minimum atomic E-state index is -0.993. The largest absolute Gasteiger partial charge is 0.355 e. The second kappa shape index (κ2) is 11.3. The van der Waals surface area contributed by atoms with Crippen LogP contribution >= 0.6 is 24.0 Å². The van der Waals surface area contributed by atoms with E-state index in [1.807, 2.05) is 43.4 Å². The molecule has 0 heterocycles. The number of nitrogens with one attached hydrogen (secondary N) is 1. The lowest BCUT2D eigenvalue weighted by Gasteiger charge is -2.23. The highest BCUT2D eigenvalue weighted by atomic mass is 127. The Balaban J connectivity index is 0.00000312. The highest BCUT2D eigenvalue weighted by Crippen LogP contribution is 2.09. The highest BCUT2D eigenvalue weighted by Gasteiger charge is 2.09. The van der Waals surface area contributed by atoms with Crippen molar-refractivity contribution < 1.29 is 4.21 Å². The van der Waals surface area contributed by atoms with E-state index in [-0.39, 0.29) is 24.0 Å². The van der Waals surface area contributed by atoms with Gasteiger partial charge < -0.3 is 10.2 Å². The highest BCUT2D eigenvalue weighted by molar-refractivity contribution is 14.0. The molecule has 2 aromatic carbocycles. The fraction of sp³-hybridized carbons (Fsp3) is 0.316. The third-order valence-electron chi connectivity index (χ3n) is 3.82. The minimum absolute atomic E-state index is 0. The molecule has 4 nitrogen and oxygen atoms in total. The number of nitrogens with zero attached hydrogens (tertiary/aromatic N) is 2. The second-order valence-electron chi connectivity index (χ2n) is 5.62. The van der Waals surface area contributed by atoms with Gasteiger partial charge in [0.15, 0.2) is 5.96 Å². The lowest BCUT2D eigenvalue weighted by atomic mass is 10.1. The Bertz CT molecular complexity index is 707. The number of aliphatic imine (C=N–C) groups is 1. The number of halogens is 1. The summed E-state index contributed by atoms with van der Waals surface area (Å²) in [6.45, 7) is 3.52. The smallest absolute Gasteiger partial charge is 0.193 e. The summed E-state index contributed by atoms with van der Waals surface area (Å²) in [5.74, 6) is 1.37. The van der Waals surface area contributed by atoms with Crippen molar-refractivity contribution in [2.45, 2.75) is 18.4 Å². The van der Waals surface area contributed by atoms with Crippen LogP contribution in [0.4, 0.5) is 0 Å². The molecule has 1 atom stereocenters. The first kappa shape index (κ1) is 21.6. The van der Waals surface area contributed by atoms with Gasteiger partial charge in [0.25, 0.3) is 0 Å². The van der Waals surface area contributed by atoms with Crippen molar-refractivity contribution in [1.82, 2.24) is 10.2 Å². The van der Waals surface area contributed by atoms with Gasteiger partial charge in [0.2, 0.25) is 0 Å². The van der Waals surface area contributed by atoms with Gasteiger partial charge in [-0.05, 0) is 30.2 Å². The molecule has 0 aliphatic rings. The van der Waals surface area contributed by atoms with Gasteiger partial charge in [-0.1, -0.05) is 42.5 Å². The van der Waals surface area contributed by atoms with Gasteiger partial charge in [-0.25, -0.2) is 0 Å². The molecule has 0 aliphatic heterocycles. The van der Waals surface area contributed by atoms with E-state index in [2.05, 4.69) is 40.3 Å². The molecule has 2 aromatic rings. The molecule has 6 heteroatoms. The first-order valence-electron chi connectivity index (χ1n) is 8.01. The summed E-state index contributed by atoms with van der Waals surface area (Å²) in [4.78, 5) is 7.26. The van der Waals surface area contributed by atoms with Crippen LogP contribution in [0, 0.1) is 6.92 Å². The van der Waals surface area contributed by atoms with E-state index in [4.69, 9.17) is 0 Å². The van der Waals surface area contributed by atoms with Gasteiger partial charge in [0, 0.05) is 37.8 Å². The maximum absolute atomic E-state index is 12.2. The van der Waals surface area contributed by atoms with E-state index >= 15 is 0 Å². The molecule has 1 N–H and O–H groups in total. The predicted molar refractivity (Wildman–Crippen MR) is 117 cm³/mol. The first-order chi connectivity index (χ1) is 11.6. The number of hydrogen-bond acceptors (Lipinski definition) is 2. The van der Waals surface area contributed by atoms with E-state index in [0.29, 0.717) is 12.3 Å². The van der Waals surface area contributed by atoms with Gasteiger partial charge in [0.1, 0.15) is 0 Å². The SMILES string of the molecule is CN=C(NCCS(=O)c1ccccc1)N(C)Cc1ccccc1C.I. The van der Waals surface area contributed by atoms with Crippen LogP contribution in [0.15, 0.2) is 64.5 Å². The van der Waals surface area contributed by atoms with E-state index in [0.717, 1.165) is 17.4 Å². The summed E-state index contributed by atoms with van der Waals surface area (Å²) in [6.07, 6.45) is 0. The van der Waals surface area contributed by atoms with Crippen LogP contribution in [-0.2, 0) is 17.3 Å². The minimum Gasteiger partial charge on any atom is -0.355 e. The van der Waals surface area contributed by atoms with Crippen molar-refractivity contribution in [2.24, 2.45) is 4.99 Å². The Morgan fingerprint density at radius 2 is 1.76 bits per heavy atom. The molecule has 0 bridgehead atoms. The predicted octanol–water partition coefficient (Wildman–Crippen LogP) is 3.43. The molecule has 1 unspecified atom stereocenters. The second-order valence-corrected chi connectivity index (χ2v) is 7.19. The molecule has 0 radical (unpaired) electrons. The van der Waals surface area contributed by atoms with Crippen LogP contribution in [0.3, 0.4) is 0 Å². The summed E-state index contributed by atoms with van der Waals surface area (Å²) >= 11 is 0. The van der Waals surface area contributed by atoms with Crippen LogP contribution in [0.5, 0.6) is 0 Å². The summed E-state index contributed by atoms with van der Waals surface area (Å²) in [5, 5.41) is 3.29. The first-order valence-corrected chi connectivity index (χ1v) is 9.33. The van der Waals surface area contributed by atoms with E-state index < -0.39 is 10.8 Å². The lowest BCUT2D eigenvalue weighted by molar-refractivity contribution is 0.478. The van der Waals surface area contributed by atoms with Crippen molar-refractivity contribution in [3.63, 3.8) is 0 Å². The molecule has 25 heavy (non-hydrogen) atoms. The average molecular weight is 471 g/mol. The molecular weight excluding hydrogens is 445 g/mol. The average Bonchev–Trinajstić information content (AvgIpc) is 2.61. The van der Waals surface area contributed by atoms with Gasteiger partial charge in [-0.3, -0.25) is 9.20 Å². The Morgan fingerprint density at radius 3 is 2.40 bits per heavy atom. The topological polar surface area (TPSA) is 44.7 Å². The monoisotopic (exact) mass is 471 g/mol. The Labute approximate surface area is 170 Å². The molecule has 0 saturated heterocycles. The molecule has 0 aromatic heterocycles. The third kappa shape index (κ3) is 6.78. The molecule has 0 saturated carbocycles. The van der Waals surface area contributed by atoms with E-state index in [1.54, 1.807) is 7.05 Å². The zero-order chi connectivity index (χ0) is 17.4. The van der Waals surface area contributed by atoms with Crippen LogP contribution < -0.4 is 5.32 Å². The Morgan fingerprint density at radius 1 is 1.12 bits per heavy atom. The summed E-state index contributed by atoms with van der Waals surface area (Å²) in [5.41, 5.74) is 2.54. The Kier molecular flexibility index (Phi) is 9.74. The van der Waals surface area contributed by atoms with Gasteiger partial charge in [0.05, 0.1) is 10.8 Å². The van der Waals surface area contributed by atoms with Gasteiger partial charge in [-0.2, -0.15) is 0 Å². The maximum Gasteiger partial charge on any atom is 0.193 e. The summed E-state index contributed by atoms with van der Waals surface area (Å²) < 4.78 is 12.2. The van der Waals surface area contributed by atoms with Crippen molar-refractivity contribution >= 4 is 40.7 Å². The third-order valence-corrected chi connectivity index (χ3v) is 5.19. The number of hydrogen-bond donors (Lipinski definition) is 1. The van der Waals surface area contributed by atoms with Crippen molar-refractivity contribution in [2.75, 3.05) is 26.4 Å². The number of rotatable bonds is 6. The molecule has 2 rings (SSSR count).